The van der Waals surface area contributed by atoms with Crippen molar-refractivity contribution in [3.05, 3.63) is 64.0 Å². The molecule has 0 aromatic heterocycles. The van der Waals surface area contributed by atoms with Crippen molar-refractivity contribution in [3.63, 3.8) is 0 Å². The summed E-state index contributed by atoms with van der Waals surface area (Å²) in [5, 5.41) is 16.4. The molecule has 2 aromatic carbocycles. The number of hydrogen-bond acceptors (Lipinski definition) is 6. The lowest BCUT2D eigenvalue weighted by atomic mass is 10.1. The van der Waals surface area contributed by atoms with Crippen molar-refractivity contribution >= 4 is 27.3 Å². The molecule has 0 saturated heterocycles. The third-order valence-corrected chi connectivity index (χ3v) is 5.22. The molecule has 0 saturated carbocycles. The highest BCUT2D eigenvalue weighted by Crippen LogP contribution is 2.27. The third-order valence-electron chi connectivity index (χ3n) is 3.81. The maximum absolute atomic E-state index is 13.1. The van der Waals surface area contributed by atoms with Crippen molar-refractivity contribution in [3.8, 4) is 0 Å². The van der Waals surface area contributed by atoms with Crippen molar-refractivity contribution in [1.82, 2.24) is 10.0 Å². The predicted octanol–water partition coefficient (Wildman–Crippen LogP) is 1.41. The molecule has 0 bridgehead atoms. The largest absolute Gasteiger partial charge is 0.371 e. The fourth-order valence-electron chi connectivity index (χ4n) is 2.37. The summed E-state index contributed by atoms with van der Waals surface area (Å²) in [6.45, 7) is 0.0214. The topological polar surface area (TPSA) is 130 Å². The molecule has 11 heteroatoms. The number of carbonyl (C=O) groups excluding carboxylic acids is 1. The summed E-state index contributed by atoms with van der Waals surface area (Å²) in [5.41, 5.74) is 0.273. The van der Waals surface area contributed by atoms with Gasteiger partial charge in [-0.05, 0) is 43.3 Å². The maximum atomic E-state index is 13.1. The van der Waals surface area contributed by atoms with E-state index in [9.17, 15) is 27.7 Å². The van der Waals surface area contributed by atoms with Crippen LogP contribution in [0.1, 0.15) is 5.56 Å². The molecule has 3 N–H and O–H groups in total. The Balaban J connectivity index is 1.95. The molecule has 0 atom stereocenters. The van der Waals surface area contributed by atoms with Crippen LogP contribution in [-0.2, 0) is 21.2 Å². The van der Waals surface area contributed by atoms with Gasteiger partial charge in [-0.1, -0.05) is 12.1 Å². The van der Waals surface area contributed by atoms with Gasteiger partial charge in [0.1, 0.15) is 11.5 Å². The molecule has 0 aliphatic rings. The van der Waals surface area contributed by atoms with Gasteiger partial charge in [0.25, 0.3) is 5.69 Å². The number of anilines is 1. The van der Waals surface area contributed by atoms with Crippen LogP contribution in [0.4, 0.5) is 15.8 Å². The second kappa shape index (κ2) is 9.24. The van der Waals surface area contributed by atoms with Crippen molar-refractivity contribution < 1.29 is 22.5 Å². The molecule has 0 radical (unpaired) electrons. The molecular formula is C17H19FN4O5S. The summed E-state index contributed by atoms with van der Waals surface area (Å²) >= 11 is 0. The molecule has 0 heterocycles. The Morgan fingerprint density at radius 1 is 1.21 bits per heavy atom. The molecule has 0 fully saturated rings. The van der Waals surface area contributed by atoms with E-state index in [0.29, 0.717) is 6.42 Å². The molecule has 0 spiro atoms. The van der Waals surface area contributed by atoms with E-state index < -0.39 is 26.5 Å². The van der Waals surface area contributed by atoms with E-state index in [-0.39, 0.29) is 29.5 Å². The van der Waals surface area contributed by atoms with Crippen LogP contribution < -0.4 is 15.4 Å². The van der Waals surface area contributed by atoms with E-state index in [2.05, 4.69) is 15.4 Å². The number of nitro benzene ring substituents is 1. The number of nitrogens with one attached hydrogen (secondary N) is 3. The third kappa shape index (κ3) is 5.72. The zero-order valence-electron chi connectivity index (χ0n) is 14.9. The molecule has 0 aliphatic carbocycles. The minimum atomic E-state index is -3.83. The second-order valence-corrected chi connectivity index (χ2v) is 7.61. The Morgan fingerprint density at radius 3 is 2.61 bits per heavy atom. The molecule has 9 nitrogen and oxygen atoms in total. The summed E-state index contributed by atoms with van der Waals surface area (Å²) in [4.78, 5) is 22.1. The monoisotopic (exact) mass is 410 g/mol. The predicted molar refractivity (Wildman–Crippen MR) is 101 cm³/mol. The van der Waals surface area contributed by atoms with Crippen LogP contribution in [-0.4, -0.2) is 39.4 Å². The first kappa shape index (κ1) is 21.3. The van der Waals surface area contributed by atoms with Crippen LogP contribution >= 0.6 is 0 Å². The molecule has 150 valence electrons. The fourth-order valence-corrected chi connectivity index (χ4v) is 3.12. The Morgan fingerprint density at radius 2 is 1.96 bits per heavy atom. The lowest BCUT2D eigenvalue weighted by Gasteiger charge is -2.10. The fraction of sp³-hybridized carbons (Fsp3) is 0.235. The van der Waals surface area contributed by atoms with E-state index in [4.69, 9.17) is 0 Å². The Hall–Kier alpha value is -3.05. The minimum absolute atomic E-state index is 0.0142. The average molecular weight is 410 g/mol. The van der Waals surface area contributed by atoms with E-state index in [1.807, 2.05) is 0 Å². The van der Waals surface area contributed by atoms with Crippen molar-refractivity contribution in [2.45, 2.75) is 11.3 Å². The van der Waals surface area contributed by atoms with Gasteiger partial charge in [0.15, 0.2) is 0 Å². The number of hydrogen-bond donors (Lipinski definition) is 3. The first-order valence-electron chi connectivity index (χ1n) is 8.20. The molecule has 1 amide bonds. The number of nitrogens with zero attached hydrogens (tertiary/aromatic N) is 1. The molecule has 2 aromatic rings. The number of nitro groups is 1. The van der Waals surface area contributed by atoms with Gasteiger partial charge < -0.3 is 10.6 Å². The highest BCUT2D eigenvalue weighted by atomic mass is 32.2. The van der Waals surface area contributed by atoms with Crippen molar-refractivity contribution in [1.29, 1.82) is 0 Å². The van der Waals surface area contributed by atoms with Gasteiger partial charge in [0, 0.05) is 12.6 Å². The van der Waals surface area contributed by atoms with E-state index >= 15 is 0 Å². The first-order valence-corrected chi connectivity index (χ1v) is 9.68. The number of rotatable bonds is 9. The van der Waals surface area contributed by atoms with Crippen LogP contribution in [0, 0.1) is 15.9 Å². The second-order valence-electron chi connectivity index (χ2n) is 5.73. The van der Waals surface area contributed by atoms with Gasteiger partial charge in [-0.15, -0.1) is 0 Å². The quantitative estimate of drug-likeness (QED) is 0.423. The summed E-state index contributed by atoms with van der Waals surface area (Å²) in [6.07, 6.45) is 0.431. The zero-order chi connectivity index (χ0) is 20.7. The van der Waals surface area contributed by atoms with Gasteiger partial charge in [-0.3, -0.25) is 14.9 Å². The standard InChI is InChI=1S/C17H19FN4O5S/c1-19-28(26,27)14-5-6-15(16(10-14)22(24)25)21-11-17(23)20-8-7-12-3-2-4-13(18)9-12/h2-6,9-10,19,21H,7-8,11H2,1H3,(H,20,23). The first-order chi connectivity index (χ1) is 13.2. The van der Waals surface area contributed by atoms with Crippen LogP contribution in [0.3, 0.4) is 0 Å². The molecule has 0 aliphatic heterocycles. The van der Waals surface area contributed by atoms with Crippen LogP contribution in [0.15, 0.2) is 47.4 Å². The smallest absolute Gasteiger partial charge is 0.293 e. The Labute approximate surface area is 161 Å². The SMILES string of the molecule is CNS(=O)(=O)c1ccc(NCC(=O)NCCc2cccc(F)c2)c([N+](=O)[O-])c1. The number of carbonyl (C=O) groups is 1. The number of amides is 1. The van der Waals surface area contributed by atoms with Crippen molar-refractivity contribution in [2.24, 2.45) is 0 Å². The van der Waals surface area contributed by atoms with Gasteiger partial charge in [0.2, 0.25) is 15.9 Å². The molecule has 28 heavy (non-hydrogen) atoms. The number of benzene rings is 2. The van der Waals surface area contributed by atoms with Gasteiger partial charge in [-0.25, -0.2) is 17.5 Å². The van der Waals surface area contributed by atoms with E-state index in [1.165, 1.54) is 31.3 Å². The van der Waals surface area contributed by atoms with Gasteiger partial charge in [-0.2, -0.15) is 0 Å². The summed E-state index contributed by atoms with van der Waals surface area (Å²) < 4.78 is 38.7. The Kier molecular flexibility index (Phi) is 7.01. The summed E-state index contributed by atoms with van der Waals surface area (Å²) in [5.74, 6) is -0.779. The molecular weight excluding hydrogens is 391 g/mol. The lowest BCUT2D eigenvalue weighted by molar-refractivity contribution is -0.384. The number of halogens is 1. The summed E-state index contributed by atoms with van der Waals surface area (Å²) in [7, 11) is -2.64. The van der Waals surface area contributed by atoms with Crippen LogP contribution in [0.5, 0.6) is 0 Å². The lowest BCUT2D eigenvalue weighted by Crippen LogP contribution is -2.31. The van der Waals surface area contributed by atoms with Gasteiger partial charge in [0.05, 0.1) is 16.4 Å². The highest BCUT2D eigenvalue weighted by molar-refractivity contribution is 7.89. The zero-order valence-corrected chi connectivity index (χ0v) is 15.8. The van der Waals surface area contributed by atoms with Gasteiger partial charge >= 0.3 is 0 Å². The summed E-state index contributed by atoms with van der Waals surface area (Å²) in [6, 6.07) is 9.34. The minimum Gasteiger partial charge on any atom is -0.371 e. The maximum Gasteiger partial charge on any atom is 0.293 e. The Bertz CT molecular complexity index is 981. The average Bonchev–Trinajstić information content (AvgIpc) is 2.66. The number of sulfonamides is 1. The van der Waals surface area contributed by atoms with Crippen LogP contribution in [0.25, 0.3) is 0 Å². The highest BCUT2D eigenvalue weighted by Gasteiger charge is 2.20. The van der Waals surface area contributed by atoms with E-state index in [1.54, 1.807) is 12.1 Å². The molecule has 2 rings (SSSR count). The van der Waals surface area contributed by atoms with Crippen molar-refractivity contribution in [2.75, 3.05) is 25.5 Å². The molecule has 0 unspecified atom stereocenters. The van der Waals surface area contributed by atoms with Crippen LogP contribution in [0.2, 0.25) is 0 Å². The normalized spacial score (nSPS) is 11.1. The van der Waals surface area contributed by atoms with E-state index in [0.717, 1.165) is 11.6 Å².